The molecule has 7 nitrogen and oxygen atoms in total. The summed E-state index contributed by atoms with van der Waals surface area (Å²) in [5, 5.41) is 0.806. The van der Waals surface area contributed by atoms with Crippen LogP contribution >= 0.6 is 0 Å². The number of hydrogen-bond acceptors (Lipinski definition) is 6. The van der Waals surface area contributed by atoms with Crippen LogP contribution in [0, 0.1) is 5.82 Å². The molecule has 0 atom stereocenters. The lowest BCUT2D eigenvalue weighted by Crippen LogP contribution is -2.36. The molecule has 0 amide bonds. The Morgan fingerprint density at radius 1 is 0.905 bits per heavy atom. The van der Waals surface area contributed by atoms with Crippen LogP contribution in [0.25, 0.3) is 33.4 Å². The SMILES string of the molecule is O=C(Cc1cncc(C(F)(F)F)c1)Cc1ccc(-c2cnc3[nH]c(-c4ccnc(N5CCOCC5)c4)cc3c2)c(F)c1. The Kier molecular flexibility index (Phi) is 7.42. The van der Waals surface area contributed by atoms with Crippen LogP contribution < -0.4 is 4.90 Å². The number of fused-ring (bicyclic) bond motifs is 1. The van der Waals surface area contributed by atoms with Crippen molar-refractivity contribution in [3.05, 3.63) is 95.8 Å². The number of nitrogens with one attached hydrogen (secondary N) is 1. The van der Waals surface area contributed by atoms with E-state index in [1.807, 2.05) is 24.3 Å². The van der Waals surface area contributed by atoms with Crippen molar-refractivity contribution in [3.8, 4) is 22.4 Å². The Morgan fingerprint density at radius 2 is 1.71 bits per heavy atom. The van der Waals surface area contributed by atoms with Gasteiger partial charge in [-0.25, -0.2) is 14.4 Å². The van der Waals surface area contributed by atoms with E-state index in [1.54, 1.807) is 24.5 Å². The number of ether oxygens (including phenoxy) is 1. The molecule has 0 spiro atoms. The van der Waals surface area contributed by atoms with Gasteiger partial charge in [0.15, 0.2) is 0 Å². The maximum Gasteiger partial charge on any atom is 0.417 e. The minimum atomic E-state index is -4.55. The molecule has 5 heterocycles. The molecule has 1 aliphatic rings. The van der Waals surface area contributed by atoms with E-state index in [2.05, 4.69) is 24.8 Å². The monoisotopic (exact) mass is 575 g/mol. The fourth-order valence-electron chi connectivity index (χ4n) is 5.03. The van der Waals surface area contributed by atoms with Gasteiger partial charge in [-0.3, -0.25) is 9.78 Å². The van der Waals surface area contributed by atoms with Crippen LogP contribution in [-0.4, -0.2) is 52.0 Å². The number of Topliss-reactive ketones (excluding diaryl/α,β-unsaturated/α-hetero) is 1. The minimum absolute atomic E-state index is 0.121. The van der Waals surface area contributed by atoms with Gasteiger partial charge < -0.3 is 14.6 Å². The van der Waals surface area contributed by atoms with Gasteiger partial charge in [0.2, 0.25) is 0 Å². The van der Waals surface area contributed by atoms with E-state index in [0.29, 0.717) is 41.7 Å². The molecule has 1 fully saturated rings. The number of carbonyl (C=O) groups excluding carboxylic acids is 1. The molecule has 0 unspecified atom stereocenters. The summed E-state index contributed by atoms with van der Waals surface area (Å²) in [6, 6.07) is 13.1. The number of alkyl halides is 3. The van der Waals surface area contributed by atoms with E-state index >= 15 is 4.39 Å². The first kappa shape index (κ1) is 27.5. The molecule has 4 aromatic heterocycles. The first-order valence-corrected chi connectivity index (χ1v) is 13.3. The molecule has 0 bridgehead atoms. The summed E-state index contributed by atoms with van der Waals surface area (Å²) in [6.45, 7) is 2.88. The number of halogens is 4. The van der Waals surface area contributed by atoms with Crippen LogP contribution in [0.1, 0.15) is 16.7 Å². The number of H-pyrrole nitrogens is 1. The average molecular weight is 576 g/mol. The Morgan fingerprint density at radius 3 is 2.50 bits per heavy atom. The standard InChI is InChI=1S/C31H25F4N5O2/c32-27-12-19(10-25(41)11-20-9-24(18-36-16-20)31(33,34)35)1-2-26(27)23-13-22-14-28(39-30(22)38-17-23)21-3-4-37-29(15-21)40-5-7-42-8-6-40/h1-4,9,12-18H,5-8,10-11H2,(H,38,39). The maximum absolute atomic E-state index is 15.2. The van der Waals surface area contributed by atoms with Gasteiger partial charge in [-0.1, -0.05) is 12.1 Å². The lowest BCUT2D eigenvalue weighted by atomic mass is 9.99. The molecule has 1 aliphatic heterocycles. The fraction of sp³-hybridized carbons (Fsp3) is 0.226. The number of anilines is 1. The maximum atomic E-state index is 15.2. The number of ketones is 1. The van der Waals surface area contributed by atoms with Crippen LogP contribution in [0.3, 0.4) is 0 Å². The number of hydrogen-bond donors (Lipinski definition) is 1. The molecule has 214 valence electrons. The second-order valence-electron chi connectivity index (χ2n) is 10.1. The van der Waals surface area contributed by atoms with E-state index in [9.17, 15) is 18.0 Å². The predicted octanol–water partition coefficient (Wildman–Crippen LogP) is 6.04. The summed E-state index contributed by atoms with van der Waals surface area (Å²) in [4.78, 5) is 30.6. The Labute approximate surface area is 238 Å². The quantitative estimate of drug-likeness (QED) is 0.239. The highest BCUT2D eigenvalue weighted by molar-refractivity contribution is 5.87. The first-order valence-electron chi connectivity index (χ1n) is 13.3. The third-order valence-electron chi connectivity index (χ3n) is 7.13. The van der Waals surface area contributed by atoms with Crippen LogP contribution in [0.5, 0.6) is 0 Å². The molecule has 5 aromatic rings. The molecular formula is C31H25F4N5O2. The Hall–Kier alpha value is -4.64. The van der Waals surface area contributed by atoms with Crippen molar-refractivity contribution < 1.29 is 27.1 Å². The van der Waals surface area contributed by atoms with Gasteiger partial charge >= 0.3 is 6.18 Å². The Bertz CT molecular complexity index is 1760. The molecular weight excluding hydrogens is 550 g/mol. The summed E-state index contributed by atoms with van der Waals surface area (Å²) >= 11 is 0. The van der Waals surface area contributed by atoms with Crippen molar-refractivity contribution in [1.29, 1.82) is 0 Å². The number of aromatic nitrogens is 4. The summed E-state index contributed by atoms with van der Waals surface area (Å²) in [6.07, 6.45) is 0.387. The Balaban J connectivity index is 1.18. The zero-order chi connectivity index (χ0) is 29.3. The zero-order valence-electron chi connectivity index (χ0n) is 22.3. The number of benzene rings is 1. The zero-order valence-corrected chi connectivity index (χ0v) is 22.3. The van der Waals surface area contributed by atoms with Crippen molar-refractivity contribution >= 4 is 22.6 Å². The van der Waals surface area contributed by atoms with Crippen LogP contribution in [0.4, 0.5) is 23.4 Å². The predicted molar refractivity (Wildman–Crippen MR) is 149 cm³/mol. The number of carbonyl (C=O) groups is 1. The smallest absolute Gasteiger partial charge is 0.378 e. The van der Waals surface area contributed by atoms with Gasteiger partial charge in [0.1, 0.15) is 23.1 Å². The highest BCUT2D eigenvalue weighted by atomic mass is 19.4. The minimum Gasteiger partial charge on any atom is -0.378 e. The molecule has 1 aromatic carbocycles. The van der Waals surface area contributed by atoms with Gasteiger partial charge in [0.25, 0.3) is 0 Å². The lowest BCUT2D eigenvalue weighted by Gasteiger charge is -2.27. The van der Waals surface area contributed by atoms with E-state index in [0.717, 1.165) is 41.6 Å². The molecule has 6 rings (SSSR count). The average Bonchev–Trinajstić information content (AvgIpc) is 3.41. The van der Waals surface area contributed by atoms with Crippen LogP contribution in [0.15, 0.2) is 73.3 Å². The van der Waals surface area contributed by atoms with Gasteiger partial charge in [-0.2, -0.15) is 13.2 Å². The van der Waals surface area contributed by atoms with Gasteiger partial charge in [-0.15, -0.1) is 0 Å². The molecule has 0 aliphatic carbocycles. The van der Waals surface area contributed by atoms with E-state index in [1.165, 1.54) is 12.3 Å². The van der Waals surface area contributed by atoms with Crippen molar-refractivity contribution in [3.63, 3.8) is 0 Å². The van der Waals surface area contributed by atoms with Crippen molar-refractivity contribution in [2.75, 3.05) is 31.2 Å². The number of aromatic amines is 1. The molecule has 42 heavy (non-hydrogen) atoms. The number of pyridine rings is 3. The number of morpholine rings is 1. The van der Waals surface area contributed by atoms with Gasteiger partial charge in [-0.05, 0) is 47.5 Å². The summed E-state index contributed by atoms with van der Waals surface area (Å²) in [5.41, 5.74) is 3.02. The van der Waals surface area contributed by atoms with Crippen LogP contribution in [-0.2, 0) is 28.5 Å². The van der Waals surface area contributed by atoms with Gasteiger partial charge in [0.05, 0.1) is 18.8 Å². The lowest BCUT2D eigenvalue weighted by molar-refractivity contribution is -0.138. The highest BCUT2D eigenvalue weighted by Gasteiger charge is 2.31. The number of nitrogens with zero attached hydrogens (tertiary/aromatic N) is 4. The molecule has 11 heteroatoms. The molecule has 1 N–H and O–H groups in total. The second-order valence-corrected chi connectivity index (χ2v) is 10.1. The van der Waals surface area contributed by atoms with Crippen molar-refractivity contribution in [1.82, 2.24) is 19.9 Å². The first-order chi connectivity index (χ1) is 20.2. The summed E-state index contributed by atoms with van der Waals surface area (Å²) < 4.78 is 59.4. The summed E-state index contributed by atoms with van der Waals surface area (Å²) in [7, 11) is 0. The molecule has 0 saturated carbocycles. The summed E-state index contributed by atoms with van der Waals surface area (Å²) in [5.74, 6) is -0.00317. The van der Waals surface area contributed by atoms with Crippen molar-refractivity contribution in [2.24, 2.45) is 0 Å². The van der Waals surface area contributed by atoms with E-state index in [4.69, 9.17) is 4.74 Å². The largest absolute Gasteiger partial charge is 0.417 e. The second kappa shape index (κ2) is 11.3. The van der Waals surface area contributed by atoms with E-state index < -0.39 is 17.6 Å². The fourth-order valence-corrected chi connectivity index (χ4v) is 5.03. The van der Waals surface area contributed by atoms with Gasteiger partial charge in [0, 0.05) is 78.5 Å². The third kappa shape index (κ3) is 6.01. The number of rotatable bonds is 7. The van der Waals surface area contributed by atoms with E-state index in [-0.39, 0.29) is 24.2 Å². The van der Waals surface area contributed by atoms with Crippen LogP contribution in [0.2, 0.25) is 0 Å². The third-order valence-corrected chi connectivity index (χ3v) is 7.13. The van der Waals surface area contributed by atoms with Crippen molar-refractivity contribution in [2.45, 2.75) is 19.0 Å². The molecule has 0 radical (unpaired) electrons. The normalized spacial score (nSPS) is 14.0. The highest BCUT2D eigenvalue weighted by Crippen LogP contribution is 2.31. The topological polar surface area (TPSA) is 84.0 Å². The molecule has 1 saturated heterocycles.